The highest BCUT2D eigenvalue weighted by Crippen LogP contribution is 2.69. The molecule has 4 aliphatic rings. The maximum atomic E-state index is 14.7. The van der Waals surface area contributed by atoms with Crippen LogP contribution in [0.25, 0.3) is 0 Å². The number of fused-ring (bicyclic) bond motifs is 5. The van der Waals surface area contributed by atoms with Gasteiger partial charge in [0.25, 0.3) is 0 Å². The minimum Gasteiger partial charge on any atom is -0.465 e. The summed E-state index contributed by atoms with van der Waals surface area (Å²) in [7, 11) is 0. The number of nitrogens with zero attached hydrogens (tertiary/aromatic N) is 1. The third-order valence-corrected chi connectivity index (χ3v) is 13.3. The van der Waals surface area contributed by atoms with Crippen LogP contribution in [0, 0.1) is 23.2 Å². The molecular formula is C48H51NO17. The topological polar surface area (TPSA) is 233 Å². The molecular weight excluding hydrogens is 863 g/mol. The number of benzene rings is 2. The van der Waals surface area contributed by atoms with Gasteiger partial charge in [-0.1, -0.05) is 57.2 Å². The monoisotopic (exact) mass is 913 g/mol. The molecule has 2 saturated carbocycles. The van der Waals surface area contributed by atoms with Gasteiger partial charge in [-0.2, -0.15) is 0 Å². The van der Waals surface area contributed by atoms with E-state index in [4.69, 9.17) is 42.6 Å². The standard InChI is InChI=1S/C48H51NO17/c1-24-25(2)42(54)63-36-26(3)48-39(61-29(6)52)34(46(8,66-48)22-59-45(57)33-20-15-21-49-35(24)33)37(64-43(55)31-16-11-9-12-17-31)40(62-30(7)53)47(48,23-58-27(4)50)41(38(36)60-28(5)51)65-44(56)32-18-13-10-14-19-32/h9-21,24-26,34,36-41H,22-23H2,1-8H3/t24-,25+,26-,34-,36-,37+,38+,39-,40-,41+,46+,47-,48-/m1/s1. The fourth-order valence-corrected chi connectivity index (χ4v) is 10.4. The van der Waals surface area contributed by atoms with Gasteiger partial charge in [0.15, 0.2) is 18.3 Å². The van der Waals surface area contributed by atoms with Crippen LogP contribution in [0.2, 0.25) is 0 Å². The Balaban J connectivity index is 1.62. The quantitative estimate of drug-likeness (QED) is 0.212. The van der Waals surface area contributed by atoms with Crippen LogP contribution in [-0.2, 0) is 66.6 Å². The van der Waals surface area contributed by atoms with E-state index in [9.17, 15) is 38.4 Å². The van der Waals surface area contributed by atoms with Crippen molar-refractivity contribution in [1.29, 1.82) is 0 Å². The number of hydrogen-bond donors (Lipinski definition) is 0. The molecule has 2 aromatic carbocycles. The Hall–Kier alpha value is -6.69. The van der Waals surface area contributed by atoms with Crippen molar-refractivity contribution in [3.8, 4) is 0 Å². The second kappa shape index (κ2) is 18.3. The summed E-state index contributed by atoms with van der Waals surface area (Å²) in [6.45, 7) is 8.90. The number of esters is 8. The molecule has 66 heavy (non-hydrogen) atoms. The lowest BCUT2D eigenvalue weighted by Gasteiger charge is -2.65. The minimum atomic E-state index is -2.44. The van der Waals surface area contributed by atoms with Crippen molar-refractivity contribution in [2.75, 3.05) is 13.2 Å². The number of pyridine rings is 1. The van der Waals surface area contributed by atoms with Crippen molar-refractivity contribution in [3.63, 3.8) is 0 Å². The molecule has 0 N–H and O–H groups in total. The van der Waals surface area contributed by atoms with E-state index in [-0.39, 0.29) is 22.4 Å². The van der Waals surface area contributed by atoms with E-state index in [0.29, 0.717) is 0 Å². The Labute approximate surface area is 379 Å². The minimum absolute atomic E-state index is 0.00531. The smallest absolute Gasteiger partial charge is 0.340 e. The van der Waals surface area contributed by atoms with E-state index >= 15 is 0 Å². The molecule has 13 atom stereocenters. The van der Waals surface area contributed by atoms with Crippen molar-refractivity contribution < 1.29 is 81.0 Å². The van der Waals surface area contributed by atoms with Crippen LogP contribution < -0.4 is 0 Å². The predicted molar refractivity (Wildman–Crippen MR) is 224 cm³/mol. The van der Waals surface area contributed by atoms with Crippen molar-refractivity contribution >= 4 is 47.8 Å². The fraction of sp³-hybridized carbons (Fsp3) is 0.479. The molecule has 3 heterocycles. The zero-order valence-corrected chi connectivity index (χ0v) is 37.6. The molecule has 0 radical (unpaired) electrons. The van der Waals surface area contributed by atoms with Gasteiger partial charge in [0, 0.05) is 45.7 Å². The lowest BCUT2D eigenvalue weighted by molar-refractivity contribution is -0.347. The van der Waals surface area contributed by atoms with Gasteiger partial charge in [0.05, 0.1) is 34.2 Å². The lowest BCUT2D eigenvalue weighted by atomic mass is 9.46. The highest BCUT2D eigenvalue weighted by molar-refractivity contribution is 5.92. The van der Waals surface area contributed by atoms with Crippen molar-refractivity contribution in [2.45, 2.75) is 109 Å². The predicted octanol–water partition coefficient (Wildman–Crippen LogP) is 4.51. The van der Waals surface area contributed by atoms with Crippen LogP contribution in [0.1, 0.15) is 98.1 Å². The zero-order valence-electron chi connectivity index (χ0n) is 37.6. The molecule has 18 nitrogen and oxygen atoms in total. The average Bonchev–Trinajstić information content (AvgIpc) is 3.49. The van der Waals surface area contributed by atoms with Gasteiger partial charge >= 0.3 is 47.8 Å². The number of hydrogen-bond acceptors (Lipinski definition) is 18. The summed E-state index contributed by atoms with van der Waals surface area (Å²) in [6, 6.07) is 18.3. The summed E-state index contributed by atoms with van der Waals surface area (Å²) >= 11 is 0. The van der Waals surface area contributed by atoms with E-state index in [2.05, 4.69) is 4.98 Å². The van der Waals surface area contributed by atoms with E-state index in [1.807, 2.05) is 0 Å². The summed E-state index contributed by atoms with van der Waals surface area (Å²) in [5.74, 6) is -12.2. The first-order chi connectivity index (χ1) is 31.3. The van der Waals surface area contributed by atoms with E-state index in [1.54, 1.807) is 43.3 Å². The molecule has 350 valence electrons. The third-order valence-electron chi connectivity index (χ3n) is 13.3. The Morgan fingerprint density at radius 2 is 1.23 bits per heavy atom. The number of carbonyl (C=O) groups is 8. The molecule has 3 fully saturated rings. The summed E-state index contributed by atoms with van der Waals surface area (Å²) in [5, 5.41) is 0. The molecule has 1 saturated heterocycles. The van der Waals surface area contributed by atoms with Crippen LogP contribution in [0.5, 0.6) is 0 Å². The zero-order chi connectivity index (χ0) is 47.9. The number of cyclic esters (lactones) is 1. The summed E-state index contributed by atoms with van der Waals surface area (Å²) in [5.41, 5.74) is -6.52. The normalized spacial score (nSPS) is 33.3. The third kappa shape index (κ3) is 8.15. The Morgan fingerprint density at radius 3 is 1.80 bits per heavy atom. The van der Waals surface area contributed by atoms with Gasteiger partial charge in [-0.25, -0.2) is 14.4 Å². The first-order valence-electron chi connectivity index (χ1n) is 21.5. The molecule has 3 aromatic rings. The lowest BCUT2D eigenvalue weighted by Crippen LogP contribution is -2.84. The van der Waals surface area contributed by atoms with Crippen molar-refractivity contribution in [2.24, 2.45) is 23.2 Å². The van der Waals surface area contributed by atoms with Crippen molar-refractivity contribution in [1.82, 2.24) is 4.98 Å². The van der Waals surface area contributed by atoms with Crippen molar-refractivity contribution in [3.05, 3.63) is 101 Å². The average molecular weight is 914 g/mol. The van der Waals surface area contributed by atoms with E-state index in [0.717, 1.165) is 27.7 Å². The van der Waals surface area contributed by atoms with Gasteiger partial charge in [-0.15, -0.1) is 0 Å². The second-order valence-corrected chi connectivity index (χ2v) is 17.4. The van der Waals surface area contributed by atoms with Gasteiger partial charge in [-0.3, -0.25) is 29.0 Å². The molecule has 0 amide bonds. The number of ether oxygens (including phenoxy) is 9. The first-order valence-corrected chi connectivity index (χ1v) is 21.5. The number of rotatable bonds is 9. The fourth-order valence-electron chi connectivity index (χ4n) is 10.4. The summed E-state index contributed by atoms with van der Waals surface area (Å²) in [4.78, 5) is 116. The van der Waals surface area contributed by atoms with E-state index in [1.165, 1.54) is 63.4 Å². The number of aromatic nitrogens is 1. The largest absolute Gasteiger partial charge is 0.465 e. The molecule has 2 aliphatic carbocycles. The number of carbonyl (C=O) groups excluding carboxylic acids is 8. The van der Waals surface area contributed by atoms with Crippen LogP contribution in [-0.4, -0.2) is 114 Å². The first kappa shape index (κ1) is 47.3. The summed E-state index contributed by atoms with van der Waals surface area (Å²) < 4.78 is 57.3. The molecule has 2 aliphatic heterocycles. The molecule has 0 unspecified atom stereocenters. The molecule has 18 heteroatoms. The maximum absolute atomic E-state index is 14.7. The SMILES string of the molecule is CC(=O)OC[C@]12[C@H](OC(C)=O)[C@@H](OC(=O)c3ccccc3)[C@@H]3[C@@H](OC(C)=O)[C@@]14O[C@@]3(C)COC(=O)c1cccnc1[C@H](C)[C@H](C)C(=O)O[C@@H]([C@H](OC(C)=O)[C@@H]2OC(=O)c1ccccc1)[C@H]4C. The second-order valence-electron chi connectivity index (χ2n) is 17.4. The Kier molecular flexibility index (Phi) is 13.1. The Bertz CT molecular complexity index is 2410. The van der Waals surface area contributed by atoms with Crippen LogP contribution >= 0.6 is 0 Å². The van der Waals surface area contributed by atoms with Gasteiger partial charge in [-0.05, 0) is 43.3 Å². The maximum Gasteiger partial charge on any atom is 0.340 e. The Morgan fingerprint density at radius 1 is 0.667 bits per heavy atom. The summed E-state index contributed by atoms with van der Waals surface area (Å²) in [6.07, 6.45) is -9.53. The molecule has 1 aromatic heterocycles. The highest BCUT2D eigenvalue weighted by Gasteiger charge is 2.88. The van der Waals surface area contributed by atoms with Crippen LogP contribution in [0.3, 0.4) is 0 Å². The van der Waals surface area contributed by atoms with Gasteiger partial charge in [0.2, 0.25) is 0 Å². The highest BCUT2D eigenvalue weighted by atomic mass is 16.7. The molecule has 1 spiro atoms. The van der Waals surface area contributed by atoms with Crippen LogP contribution in [0.15, 0.2) is 79.0 Å². The van der Waals surface area contributed by atoms with Gasteiger partial charge in [0.1, 0.15) is 48.1 Å². The van der Waals surface area contributed by atoms with Crippen LogP contribution in [0.4, 0.5) is 0 Å². The molecule has 7 rings (SSSR count). The molecule has 4 bridgehead atoms. The van der Waals surface area contributed by atoms with Gasteiger partial charge < -0.3 is 42.6 Å². The van der Waals surface area contributed by atoms with E-state index < -0.39 is 138 Å².